The van der Waals surface area contributed by atoms with Crippen LogP contribution in [-0.2, 0) is 4.74 Å². The predicted octanol–water partition coefficient (Wildman–Crippen LogP) is 2.25. The maximum absolute atomic E-state index is 5.25. The van der Waals surface area contributed by atoms with E-state index < -0.39 is 0 Å². The van der Waals surface area contributed by atoms with Crippen molar-refractivity contribution in [2.24, 2.45) is 0 Å². The maximum Gasteiger partial charge on any atom is 0.205 e. The average Bonchev–Trinajstić information content (AvgIpc) is 2.99. The van der Waals surface area contributed by atoms with Gasteiger partial charge in [0.2, 0.25) is 5.13 Å². The molecule has 5 heteroatoms. The van der Waals surface area contributed by atoms with Gasteiger partial charge >= 0.3 is 0 Å². The Kier molecular flexibility index (Phi) is 3.91. The van der Waals surface area contributed by atoms with Crippen molar-refractivity contribution < 1.29 is 4.74 Å². The molecule has 0 radical (unpaired) electrons. The van der Waals surface area contributed by atoms with E-state index in [0.29, 0.717) is 5.92 Å². The van der Waals surface area contributed by atoms with Crippen molar-refractivity contribution in [1.29, 1.82) is 0 Å². The molecule has 0 aromatic carbocycles. The minimum absolute atomic E-state index is 0.710. The lowest BCUT2D eigenvalue weighted by Gasteiger charge is -2.01. The first-order chi connectivity index (χ1) is 7.40. The zero-order valence-corrected chi connectivity index (χ0v) is 9.85. The van der Waals surface area contributed by atoms with E-state index in [1.807, 2.05) is 6.92 Å². The average molecular weight is 227 g/mol. The van der Waals surface area contributed by atoms with Crippen LogP contribution in [-0.4, -0.2) is 30.0 Å². The molecule has 1 aliphatic carbocycles. The molecule has 1 fully saturated rings. The van der Waals surface area contributed by atoms with Crippen LogP contribution in [0.4, 0.5) is 5.13 Å². The SMILES string of the molecule is CCOCCCNc1nnc(C2CC2)s1. The molecule has 1 N–H and O–H groups in total. The summed E-state index contributed by atoms with van der Waals surface area (Å²) in [7, 11) is 0. The highest BCUT2D eigenvalue weighted by Crippen LogP contribution is 2.41. The van der Waals surface area contributed by atoms with Crippen molar-refractivity contribution in [3.8, 4) is 0 Å². The molecular formula is C10H17N3OS. The lowest BCUT2D eigenvalue weighted by atomic mass is 10.4. The Morgan fingerprint density at radius 3 is 3.07 bits per heavy atom. The molecule has 0 unspecified atom stereocenters. The molecule has 4 nitrogen and oxygen atoms in total. The van der Waals surface area contributed by atoms with E-state index in [4.69, 9.17) is 4.74 Å². The van der Waals surface area contributed by atoms with Gasteiger partial charge in [-0.15, -0.1) is 10.2 Å². The van der Waals surface area contributed by atoms with Crippen LogP contribution in [0.25, 0.3) is 0 Å². The van der Waals surface area contributed by atoms with Gasteiger partial charge in [0.05, 0.1) is 0 Å². The van der Waals surface area contributed by atoms with Crippen LogP contribution in [0, 0.1) is 0 Å². The van der Waals surface area contributed by atoms with Crippen molar-refractivity contribution in [3.63, 3.8) is 0 Å². The fraction of sp³-hybridized carbons (Fsp3) is 0.800. The molecule has 1 aromatic rings. The summed E-state index contributed by atoms with van der Waals surface area (Å²) in [6.07, 6.45) is 3.60. The van der Waals surface area contributed by atoms with Crippen molar-refractivity contribution in [3.05, 3.63) is 5.01 Å². The van der Waals surface area contributed by atoms with E-state index in [1.54, 1.807) is 11.3 Å². The van der Waals surface area contributed by atoms with E-state index in [0.717, 1.165) is 31.3 Å². The molecule has 0 spiro atoms. The summed E-state index contributed by atoms with van der Waals surface area (Å²) in [5.74, 6) is 0.710. The molecule has 0 atom stereocenters. The van der Waals surface area contributed by atoms with Gasteiger partial charge in [-0.2, -0.15) is 0 Å². The predicted molar refractivity (Wildman–Crippen MR) is 61.5 cm³/mol. The second kappa shape index (κ2) is 5.42. The van der Waals surface area contributed by atoms with E-state index >= 15 is 0 Å². The van der Waals surface area contributed by atoms with Gasteiger partial charge in [-0.1, -0.05) is 11.3 Å². The van der Waals surface area contributed by atoms with Crippen LogP contribution in [0.5, 0.6) is 0 Å². The van der Waals surface area contributed by atoms with E-state index in [2.05, 4.69) is 15.5 Å². The number of nitrogens with one attached hydrogen (secondary N) is 1. The summed E-state index contributed by atoms with van der Waals surface area (Å²) in [4.78, 5) is 0. The lowest BCUT2D eigenvalue weighted by Crippen LogP contribution is -2.05. The Hall–Kier alpha value is -0.680. The number of anilines is 1. The minimum atomic E-state index is 0.710. The fourth-order valence-electron chi connectivity index (χ4n) is 1.32. The zero-order chi connectivity index (χ0) is 10.5. The molecule has 1 aliphatic rings. The normalized spacial score (nSPS) is 15.5. The van der Waals surface area contributed by atoms with Crippen LogP contribution < -0.4 is 5.32 Å². The first-order valence-corrected chi connectivity index (χ1v) is 6.37. The summed E-state index contributed by atoms with van der Waals surface area (Å²) >= 11 is 1.69. The van der Waals surface area contributed by atoms with Gasteiger partial charge in [0.25, 0.3) is 0 Å². The highest BCUT2D eigenvalue weighted by molar-refractivity contribution is 7.15. The molecule has 0 bridgehead atoms. The third-order valence-electron chi connectivity index (χ3n) is 2.31. The third kappa shape index (κ3) is 3.43. The van der Waals surface area contributed by atoms with Crippen molar-refractivity contribution in [1.82, 2.24) is 10.2 Å². The molecule has 15 heavy (non-hydrogen) atoms. The third-order valence-corrected chi connectivity index (χ3v) is 3.36. The van der Waals surface area contributed by atoms with Crippen LogP contribution in [0.15, 0.2) is 0 Å². The van der Waals surface area contributed by atoms with Crippen molar-refractivity contribution in [2.45, 2.75) is 32.1 Å². The van der Waals surface area contributed by atoms with Crippen LogP contribution >= 0.6 is 11.3 Å². The molecule has 2 rings (SSSR count). The molecule has 84 valence electrons. The highest BCUT2D eigenvalue weighted by atomic mass is 32.1. The second-order valence-electron chi connectivity index (χ2n) is 3.70. The van der Waals surface area contributed by atoms with E-state index in [9.17, 15) is 0 Å². The molecule has 0 amide bonds. The number of rotatable bonds is 7. The minimum Gasteiger partial charge on any atom is -0.382 e. The molecule has 0 saturated heterocycles. The summed E-state index contributed by atoms with van der Waals surface area (Å²) < 4.78 is 5.25. The molecule has 0 aliphatic heterocycles. The summed E-state index contributed by atoms with van der Waals surface area (Å²) in [6, 6.07) is 0. The molecule has 1 aromatic heterocycles. The first kappa shape index (κ1) is 10.8. The molecule has 1 heterocycles. The Bertz CT molecular complexity index is 299. The number of aromatic nitrogens is 2. The lowest BCUT2D eigenvalue weighted by molar-refractivity contribution is 0.147. The quantitative estimate of drug-likeness (QED) is 0.726. The Morgan fingerprint density at radius 1 is 1.47 bits per heavy atom. The standard InChI is InChI=1S/C10H17N3OS/c1-2-14-7-3-6-11-10-13-12-9(15-10)8-4-5-8/h8H,2-7H2,1H3,(H,11,13). The van der Waals surface area contributed by atoms with Gasteiger partial charge in [-0.3, -0.25) is 0 Å². The fourth-order valence-corrected chi connectivity index (χ4v) is 2.25. The Balaban J connectivity index is 1.64. The van der Waals surface area contributed by atoms with E-state index in [1.165, 1.54) is 17.8 Å². The summed E-state index contributed by atoms with van der Waals surface area (Å²) in [5.41, 5.74) is 0. The van der Waals surface area contributed by atoms with Gasteiger partial charge < -0.3 is 10.1 Å². The van der Waals surface area contributed by atoms with Gasteiger partial charge in [0.15, 0.2) is 0 Å². The second-order valence-corrected chi connectivity index (χ2v) is 4.71. The number of hydrogen-bond acceptors (Lipinski definition) is 5. The first-order valence-electron chi connectivity index (χ1n) is 5.55. The number of ether oxygens (including phenoxy) is 1. The van der Waals surface area contributed by atoms with Crippen LogP contribution in [0.2, 0.25) is 0 Å². The van der Waals surface area contributed by atoms with Gasteiger partial charge in [0, 0.05) is 25.7 Å². The largest absolute Gasteiger partial charge is 0.382 e. The molecular weight excluding hydrogens is 210 g/mol. The Morgan fingerprint density at radius 2 is 2.33 bits per heavy atom. The highest BCUT2D eigenvalue weighted by Gasteiger charge is 2.27. The van der Waals surface area contributed by atoms with Gasteiger partial charge in [0.1, 0.15) is 5.01 Å². The topological polar surface area (TPSA) is 47.0 Å². The van der Waals surface area contributed by atoms with Gasteiger partial charge in [-0.25, -0.2) is 0 Å². The summed E-state index contributed by atoms with van der Waals surface area (Å²) in [5, 5.41) is 13.7. The zero-order valence-electron chi connectivity index (χ0n) is 9.03. The van der Waals surface area contributed by atoms with Crippen LogP contribution in [0.3, 0.4) is 0 Å². The Labute approximate surface area is 94.1 Å². The monoisotopic (exact) mass is 227 g/mol. The van der Waals surface area contributed by atoms with Gasteiger partial charge in [-0.05, 0) is 26.2 Å². The smallest absolute Gasteiger partial charge is 0.205 e. The molecule has 1 saturated carbocycles. The number of nitrogens with zero attached hydrogens (tertiary/aromatic N) is 2. The van der Waals surface area contributed by atoms with Crippen LogP contribution in [0.1, 0.15) is 37.1 Å². The number of hydrogen-bond donors (Lipinski definition) is 1. The van der Waals surface area contributed by atoms with Crippen molar-refractivity contribution in [2.75, 3.05) is 25.1 Å². The van der Waals surface area contributed by atoms with Crippen molar-refractivity contribution >= 4 is 16.5 Å². The van der Waals surface area contributed by atoms with E-state index in [-0.39, 0.29) is 0 Å². The summed E-state index contributed by atoms with van der Waals surface area (Å²) in [6.45, 7) is 4.54. The maximum atomic E-state index is 5.25.